The molecular weight excluding hydrogens is 204 g/mol. The molecule has 0 saturated heterocycles. The second-order valence-electron chi connectivity index (χ2n) is 4.37. The van der Waals surface area contributed by atoms with E-state index in [2.05, 4.69) is 10.3 Å². The van der Waals surface area contributed by atoms with Crippen LogP contribution in [0.2, 0.25) is 0 Å². The molecule has 3 N–H and O–H groups in total. The third-order valence-electron chi connectivity index (χ3n) is 2.40. The number of hydrogen-bond acceptors (Lipinski definition) is 2. The van der Waals surface area contributed by atoms with E-state index in [9.17, 15) is 9.90 Å². The van der Waals surface area contributed by atoms with E-state index in [0.29, 0.717) is 25.3 Å². The van der Waals surface area contributed by atoms with E-state index in [1.165, 1.54) is 0 Å². The van der Waals surface area contributed by atoms with Gasteiger partial charge in [0.25, 0.3) is 0 Å². The van der Waals surface area contributed by atoms with Crippen molar-refractivity contribution in [1.29, 1.82) is 0 Å². The summed E-state index contributed by atoms with van der Waals surface area (Å²) >= 11 is 0. The maximum absolute atomic E-state index is 11.5. The van der Waals surface area contributed by atoms with Crippen LogP contribution in [0.25, 0.3) is 0 Å². The first kappa shape index (κ1) is 12.8. The molecule has 0 bridgehead atoms. The highest BCUT2D eigenvalue weighted by Crippen LogP contribution is 2.04. The van der Waals surface area contributed by atoms with Crippen molar-refractivity contribution < 1.29 is 9.90 Å². The quantitative estimate of drug-likeness (QED) is 0.677. The summed E-state index contributed by atoms with van der Waals surface area (Å²) < 4.78 is 0. The van der Waals surface area contributed by atoms with Crippen molar-refractivity contribution in [1.82, 2.24) is 10.3 Å². The fourth-order valence-electron chi connectivity index (χ4n) is 1.67. The fraction of sp³-hybridized carbons (Fsp3) is 0.583. The Morgan fingerprint density at radius 2 is 2.31 bits per heavy atom. The van der Waals surface area contributed by atoms with Gasteiger partial charge in [0, 0.05) is 18.4 Å². The molecule has 0 fully saturated rings. The lowest BCUT2D eigenvalue weighted by Crippen LogP contribution is -2.30. The molecule has 1 aromatic heterocycles. The van der Waals surface area contributed by atoms with Gasteiger partial charge in [0.15, 0.2) is 0 Å². The van der Waals surface area contributed by atoms with Crippen LogP contribution < -0.4 is 5.32 Å². The summed E-state index contributed by atoms with van der Waals surface area (Å²) in [6.07, 6.45) is 2.59. The standard InChI is InChI=1S/C12H20N2O2/c1-9(6-10(2)15)8-14-12(16)7-11-4-3-5-13-11/h3-5,9-10,13,15H,6-8H2,1-2H3,(H,14,16). The number of aliphatic hydroxyl groups is 1. The molecule has 0 aromatic carbocycles. The predicted octanol–water partition coefficient (Wildman–Crippen LogP) is 1.08. The summed E-state index contributed by atoms with van der Waals surface area (Å²) in [5.41, 5.74) is 0.917. The lowest BCUT2D eigenvalue weighted by molar-refractivity contribution is -0.120. The van der Waals surface area contributed by atoms with Crippen molar-refractivity contribution in [3.8, 4) is 0 Å². The Kier molecular flexibility index (Phi) is 5.05. The third-order valence-corrected chi connectivity index (χ3v) is 2.40. The molecule has 2 atom stereocenters. The van der Waals surface area contributed by atoms with Crippen LogP contribution in [0.3, 0.4) is 0 Å². The summed E-state index contributed by atoms with van der Waals surface area (Å²) in [7, 11) is 0. The summed E-state index contributed by atoms with van der Waals surface area (Å²) in [5, 5.41) is 12.0. The topological polar surface area (TPSA) is 65.1 Å². The summed E-state index contributed by atoms with van der Waals surface area (Å²) in [4.78, 5) is 14.5. The Hall–Kier alpha value is -1.29. The van der Waals surface area contributed by atoms with Gasteiger partial charge >= 0.3 is 0 Å². The Bertz CT molecular complexity index is 307. The maximum atomic E-state index is 11.5. The van der Waals surface area contributed by atoms with Crippen molar-refractivity contribution in [2.75, 3.05) is 6.54 Å². The lowest BCUT2D eigenvalue weighted by Gasteiger charge is -2.13. The monoisotopic (exact) mass is 224 g/mol. The smallest absolute Gasteiger partial charge is 0.225 e. The van der Waals surface area contributed by atoms with E-state index >= 15 is 0 Å². The molecule has 1 aromatic rings. The number of amides is 1. The normalized spacial score (nSPS) is 14.4. The van der Waals surface area contributed by atoms with Gasteiger partial charge in [-0.2, -0.15) is 0 Å². The minimum atomic E-state index is -0.310. The van der Waals surface area contributed by atoms with Crippen LogP contribution in [-0.4, -0.2) is 28.6 Å². The van der Waals surface area contributed by atoms with Crippen molar-refractivity contribution in [3.63, 3.8) is 0 Å². The molecule has 0 aliphatic heterocycles. The van der Waals surface area contributed by atoms with Crippen molar-refractivity contribution in [2.45, 2.75) is 32.8 Å². The predicted molar refractivity (Wildman–Crippen MR) is 63.0 cm³/mol. The first-order chi connectivity index (χ1) is 7.58. The molecule has 90 valence electrons. The number of hydrogen-bond donors (Lipinski definition) is 3. The molecule has 0 saturated carbocycles. The van der Waals surface area contributed by atoms with Gasteiger partial charge in [0.1, 0.15) is 0 Å². The Balaban J connectivity index is 2.20. The maximum Gasteiger partial charge on any atom is 0.225 e. The number of rotatable bonds is 6. The summed E-state index contributed by atoms with van der Waals surface area (Å²) in [5.74, 6) is 0.312. The minimum absolute atomic E-state index is 0.0138. The molecule has 0 aliphatic carbocycles. The van der Waals surface area contributed by atoms with Gasteiger partial charge in [-0.3, -0.25) is 4.79 Å². The molecule has 4 heteroatoms. The van der Waals surface area contributed by atoms with E-state index in [-0.39, 0.29) is 12.0 Å². The Morgan fingerprint density at radius 3 is 2.88 bits per heavy atom. The van der Waals surface area contributed by atoms with Crippen LogP contribution in [0.4, 0.5) is 0 Å². The number of aromatic nitrogens is 1. The second kappa shape index (κ2) is 6.33. The Labute approximate surface area is 96.1 Å². The molecule has 4 nitrogen and oxygen atoms in total. The van der Waals surface area contributed by atoms with Gasteiger partial charge in [-0.1, -0.05) is 6.92 Å². The number of nitrogens with one attached hydrogen (secondary N) is 2. The zero-order valence-corrected chi connectivity index (χ0v) is 9.86. The largest absolute Gasteiger partial charge is 0.393 e. The van der Waals surface area contributed by atoms with E-state index < -0.39 is 0 Å². The van der Waals surface area contributed by atoms with E-state index in [4.69, 9.17) is 0 Å². The third kappa shape index (κ3) is 4.98. The number of carbonyl (C=O) groups excluding carboxylic acids is 1. The molecule has 0 radical (unpaired) electrons. The van der Waals surface area contributed by atoms with Crippen molar-refractivity contribution >= 4 is 5.91 Å². The van der Waals surface area contributed by atoms with Crippen LogP contribution in [-0.2, 0) is 11.2 Å². The van der Waals surface area contributed by atoms with Gasteiger partial charge in [0.05, 0.1) is 12.5 Å². The van der Waals surface area contributed by atoms with Crippen LogP contribution in [0.1, 0.15) is 26.0 Å². The van der Waals surface area contributed by atoms with Crippen LogP contribution in [0, 0.1) is 5.92 Å². The van der Waals surface area contributed by atoms with E-state index in [1.54, 1.807) is 13.1 Å². The zero-order chi connectivity index (χ0) is 12.0. The lowest BCUT2D eigenvalue weighted by atomic mass is 10.0. The molecule has 16 heavy (non-hydrogen) atoms. The first-order valence-electron chi connectivity index (χ1n) is 5.65. The second-order valence-corrected chi connectivity index (χ2v) is 4.37. The molecule has 1 amide bonds. The van der Waals surface area contributed by atoms with E-state index in [1.807, 2.05) is 19.1 Å². The molecule has 0 spiro atoms. The minimum Gasteiger partial charge on any atom is -0.393 e. The highest BCUT2D eigenvalue weighted by molar-refractivity contribution is 5.78. The van der Waals surface area contributed by atoms with Crippen LogP contribution in [0.15, 0.2) is 18.3 Å². The first-order valence-corrected chi connectivity index (χ1v) is 5.65. The average Bonchev–Trinajstić information content (AvgIpc) is 2.66. The van der Waals surface area contributed by atoms with Crippen LogP contribution in [0.5, 0.6) is 0 Å². The van der Waals surface area contributed by atoms with Gasteiger partial charge in [-0.25, -0.2) is 0 Å². The van der Waals surface area contributed by atoms with Crippen molar-refractivity contribution in [3.05, 3.63) is 24.0 Å². The average molecular weight is 224 g/mol. The molecule has 0 aliphatic rings. The Morgan fingerprint density at radius 1 is 1.56 bits per heavy atom. The van der Waals surface area contributed by atoms with E-state index in [0.717, 1.165) is 5.69 Å². The number of carbonyl (C=O) groups is 1. The highest BCUT2D eigenvalue weighted by Gasteiger charge is 2.08. The van der Waals surface area contributed by atoms with Gasteiger partial charge in [-0.15, -0.1) is 0 Å². The highest BCUT2D eigenvalue weighted by atomic mass is 16.3. The van der Waals surface area contributed by atoms with Crippen LogP contribution >= 0.6 is 0 Å². The number of H-pyrrole nitrogens is 1. The van der Waals surface area contributed by atoms with Gasteiger partial charge < -0.3 is 15.4 Å². The molecule has 1 rings (SSSR count). The van der Waals surface area contributed by atoms with Crippen molar-refractivity contribution in [2.24, 2.45) is 5.92 Å². The zero-order valence-electron chi connectivity index (χ0n) is 9.86. The fourth-order valence-corrected chi connectivity index (χ4v) is 1.67. The molecule has 1 heterocycles. The molecule has 2 unspecified atom stereocenters. The van der Waals surface area contributed by atoms with Gasteiger partial charge in [-0.05, 0) is 31.4 Å². The number of aromatic amines is 1. The summed E-state index contributed by atoms with van der Waals surface area (Å²) in [6.45, 7) is 4.39. The number of aliphatic hydroxyl groups excluding tert-OH is 1. The summed E-state index contributed by atoms with van der Waals surface area (Å²) in [6, 6.07) is 3.76. The SMILES string of the molecule is CC(O)CC(C)CNC(=O)Cc1ccc[nH]1. The van der Waals surface area contributed by atoms with Gasteiger partial charge in [0.2, 0.25) is 5.91 Å². The molecular formula is C12H20N2O2.